The minimum Gasteiger partial charge on any atom is -0.508 e. The molecule has 7 N–H and O–H groups in total. The van der Waals surface area contributed by atoms with E-state index in [2.05, 4.69) is 27.8 Å². The molecule has 0 heterocycles. The molecular formula is C26H27BrClN3O8. The molecule has 4 unspecified atom stereocenters. The van der Waals surface area contributed by atoms with E-state index in [1.165, 1.54) is 31.1 Å². The Morgan fingerprint density at radius 1 is 1.33 bits per heavy atom. The summed E-state index contributed by atoms with van der Waals surface area (Å²) in [6.07, 6.45) is 1.83. The van der Waals surface area contributed by atoms with Gasteiger partial charge in [-0.05, 0) is 50.9 Å². The number of phenols is 1. The Kier molecular flexibility index (Phi) is 7.45. The molecule has 1 aromatic rings. The molecule has 0 aliphatic heterocycles. The molecule has 4 rings (SSSR count). The summed E-state index contributed by atoms with van der Waals surface area (Å²) in [5.41, 5.74) is 1.37. The summed E-state index contributed by atoms with van der Waals surface area (Å²) in [6, 6.07) is 0.268. The average molecular weight is 625 g/mol. The number of halogens is 2. The molecule has 0 saturated heterocycles. The van der Waals surface area contributed by atoms with Gasteiger partial charge in [0.15, 0.2) is 17.1 Å². The number of aliphatic hydroxyl groups is 3. The van der Waals surface area contributed by atoms with Crippen LogP contribution in [0.4, 0.5) is 5.69 Å². The van der Waals surface area contributed by atoms with Gasteiger partial charge in [-0.25, -0.2) is 0 Å². The van der Waals surface area contributed by atoms with Gasteiger partial charge >= 0.3 is 0 Å². The molecule has 1 saturated carbocycles. The number of carbonyl (C=O) groups excluding carboxylic acids is 4. The number of likely N-dealkylation sites (N-methyl/N-ethyl adjacent to an activating group) is 1. The largest absolute Gasteiger partial charge is 0.508 e. The minimum atomic E-state index is -2.74. The predicted octanol–water partition coefficient (Wildman–Crippen LogP) is 1.90. The number of nitrogens with one attached hydrogen (secondary N) is 1. The molecule has 3 aliphatic carbocycles. The number of nitrogens with two attached hydrogens (primary N) is 1. The highest BCUT2D eigenvalue weighted by molar-refractivity contribution is 9.10. The zero-order valence-corrected chi connectivity index (χ0v) is 23.3. The number of hydrogen-bond acceptors (Lipinski definition) is 9. The van der Waals surface area contributed by atoms with Crippen molar-refractivity contribution in [3.8, 4) is 5.75 Å². The molecular weight excluding hydrogens is 598 g/mol. The quantitative estimate of drug-likeness (QED) is 0.119. The van der Waals surface area contributed by atoms with E-state index in [0.717, 1.165) is 0 Å². The van der Waals surface area contributed by atoms with Crippen molar-refractivity contribution in [1.29, 1.82) is 0 Å². The Labute approximate surface area is 236 Å². The van der Waals surface area contributed by atoms with Crippen LogP contribution in [0.25, 0.3) is 5.76 Å². The number of nitrogens with zero attached hydrogens (tertiary/aromatic N) is 1. The molecule has 39 heavy (non-hydrogen) atoms. The molecule has 3 aliphatic rings. The number of rotatable bonds is 6. The maximum Gasteiger partial charge on any atom is 0.255 e. The van der Waals surface area contributed by atoms with Crippen LogP contribution in [-0.4, -0.2) is 79.3 Å². The summed E-state index contributed by atoms with van der Waals surface area (Å²) in [5, 5.41) is 47.3. The third kappa shape index (κ3) is 4.26. The summed E-state index contributed by atoms with van der Waals surface area (Å²) in [4.78, 5) is 52.3. The number of carbonyl (C=O) groups is 4. The van der Waals surface area contributed by atoms with Crippen molar-refractivity contribution in [2.75, 3.05) is 19.4 Å². The Bertz CT molecular complexity index is 1400. The molecule has 13 heteroatoms. The van der Waals surface area contributed by atoms with Crippen LogP contribution in [0.1, 0.15) is 24.0 Å². The van der Waals surface area contributed by atoms with Crippen molar-refractivity contribution in [3.63, 3.8) is 0 Å². The Hall–Kier alpha value is -3.19. The second-order valence-electron chi connectivity index (χ2n) is 10.1. The van der Waals surface area contributed by atoms with Crippen LogP contribution >= 0.6 is 27.5 Å². The van der Waals surface area contributed by atoms with Crippen LogP contribution in [0.3, 0.4) is 0 Å². The highest BCUT2D eigenvalue weighted by atomic mass is 79.9. The second-order valence-corrected chi connectivity index (χ2v) is 11.6. The number of ketones is 2. The maximum absolute atomic E-state index is 13.9. The molecule has 0 radical (unpaired) electrons. The predicted molar refractivity (Wildman–Crippen MR) is 145 cm³/mol. The van der Waals surface area contributed by atoms with E-state index in [0.29, 0.717) is 5.56 Å². The number of aliphatic hydroxyl groups excluding tert-OH is 2. The molecule has 5 atom stereocenters. The van der Waals surface area contributed by atoms with Gasteiger partial charge in [-0.2, -0.15) is 0 Å². The first-order valence-electron chi connectivity index (χ1n) is 11.9. The summed E-state index contributed by atoms with van der Waals surface area (Å²) >= 11 is 9.58. The number of benzene rings is 1. The number of hydrogen-bond donors (Lipinski definition) is 6. The van der Waals surface area contributed by atoms with Crippen molar-refractivity contribution in [2.45, 2.75) is 35.7 Å². The van der Waals surface area contributed by atoms with Crippen molar-refractivity contribution in [2.24, 2.45) is 17.6 Å². The van der Waals surface area contributed by atoms with E-state index >= 15 is 0 Å². The summed E-state index contributed by atoms with van der Waals surface area (Å²) in [6.45, 7) is 3.57. The number of fused-ring (bicyclic) bond motifs is 3. The Balaban J connectivity index is 1.88. The Morgan fingerprint density at radius 3 is 2.54 bits per heavy atom. The number of amides is 2. The molecule has 1 fully saturated rings. The standard InChI is InChI=1S/C26H27BrClN3O8/c1-4-5-12(27)25(38)30-17-13(28)8-10-6-9-7-11-18(31(2)3)21(34)16(24(29)37)23(36)26(11,39)22(35)15(9)19(32)14(10)20(17)33/h4,8-9,11-12,18,32-33,36,39H,1,5-7H2,2-3H3,(H2,29,37)(H,30,38)/t9?,11?,12?,18-,26?/m0/s1. The van der Waals surface area contributed by atoms with E-state index in [-0.39, 0.29) is 41.1 Å². The van der Waals surface area contributed by atoms with Crippen molar-refractivity contribution >= 4 is 62.4 Å². The van der Waals surface area contributed by atoms with E-state index in [4.69, 9.17) is 17.3 Å². The lowest BCUT2D eigenvalue weighted by molar-refractivity contribution is -0.153. The molecule has 1 aromatic carbocycles. The van der Waals surface area contributed by atoms with Gasteiger partial charge in [-0.3, -0.25) is 24.1 Å². The molecule has 0 bridgehead atoms. The van der Waals surface area contributed by atoms with Crippen molar-refractivity contribution in [1.82, 2.24) is 4.90 Å². The van der Waals surface area contributed by atoms with Gasteiger partial charge in [0, 0.05) is 11.5 Å². The molecule has 2 amide bonds. The topological polar surface area (TPSA) is 190 Å². The van der Waals surface area contributed by atoms with Gasteiger partial charge in [-0.1, -0.05) is 33.6 Å². The first-order chi connectivity index (χ1) is 18.2. The number of Topliss-reactive ketones (excluding diaryl/α,β-unsaturated/α-hetero) is 2. The third-order valence-electron chi connectivity index (χ3n) is 7.57. The lowest BCUT2D eigenvalue weighted by Crippen LogP contribution is -2.65. The van der Waals surface area contributed by atoms with Gasteiger partial charge in [0.1, 0.15) is 22.8 Å². The molecule has 11 nitrogen and oxygen atoms in total. The fraction of sp³-hybridized carbons (Fsp3) is 0.385. The van der Waals surface area contributed by atoms with Crippen molar-refractivity contribution in [3.05, 3.63) is 51.8 Å². The van der Waals surface area contributed by atoms with Gasteiger partial charge in [0.05, 0.1) is 21.5 Å². The first kappa shape index (κ1) is 28.8. The lowest BCUT2D eigenvalue weighted by atomic mass is 9.57. The van der Waals surface area contributed by atoms with Crippen LogP contribution < -0.4 is 11.1 Å². The zero-order valence-electron chi connectivity index (χ0n) is 21.0. The van der Waals surface area contributed by atoms with Crippen LogP contribution in [0.5, 0.6) is 5.75 Å². The summed E-state index contributed by atoms with van der Waals surface area (Å²) < 4.78 is 0. The fourth-order valence-electron chi connectivity index (χ4n) is 5.84. The molecule has 0 aromatic heterocycles. The monoisotopic (exact) mass is 623 g/mol. The number of allylic oxidation sites excluding steroid dienone is 1. The zero-order chi connectivity index (χ0) is 29.1. The third-order valence-corrected chi connectivity index (χ3v) is 8.66. The number of primary amides is 1. The Morgan fingerprint density at radius 2 is 1.97 bits per heavy atom. The molecule has 208 valence electrons. The summed E-state index contributed by atoms with van der Waals surface area (Å²) in [5.74, 6) is -8.19. The smallest absolute Gasteiger partial charge is 0.255 e. The van der Waals surface area contributed by atoms with E-state index < -0.39 is 74.5 Å². The van der Waals surface area contributed by atoms with E-state index in [1.807, 2.05) is 0 Å². The SMILES string of the molecule is C=CCC(Br)C(=O)Nc1c(Cl)cc2c(c1O)C(O)=C1C(=O)C3(O)C(O)=C(C(N)=O)C(=O)[C@@H](N(C)C)C3CC1C2. The number of aromatic hydroxyl groups is 1. The van der Waals surface area contributed by atoms with Crippen LogP contribution in [0.15, 0.2) is 35.6 Å². The van der Waals surface area contributed by atoms with Gasteiger partial charge in [0.25, 0.3) is 5.91 Å². The second kappa shape index (κ2) is 10.1. The number of alkyl halides is 1. The number of phenolic OH excluding ortho intramolecular Hbond substituents is 1. The van der Waals surface area contributed by atoms with Gasteiger partial charge < -0.3 is 31.5 Å². The normalized spacial score (nSPS) is 27.1. The van der Waals surface area contributed by atoms with E-state index in [9.17, 15) is 39.6 Å². The minimum absolute atomic E-state index is 0.0153. The number of anilines is 1. The fourth-order valence-corrected chi connectivity index (χ4v) is 6.49. The molecule has 0 spiro atoms. The van der Waals surface area contributed by atoms with Gasteiger partial charge in [0.2, 0.25) is 11.7 Å². The van der Waals surface area contributed by atoms with Gasteiger partial charge in [-0.15, -0.1) is 6.58 Å². The highest BCUT2D eigenvalue weighted by Crippen LogP contribution is 2.54. The lowest BCUT2D eigenvalue weighted by Gasteiger charge is -2.50. The van der Waals surface area contributed by atoms with Crippen LogP contribution in [0.2, 0.25) is 5.02 Å². The highest BCUT2D eigenvalue weighted by Gasteiger charge is 2.64. The van der Waals surface area contributed by atoms with Crippen LogP contribution in [-0.2, 0) is 25.6 Å². The average Bonchev–Trinajstić information content (AvgIpc) is 2.83. The summed E-state index contributed by atoms with van der Waals surface area (Å²) in [7, 11) is 3.04. The van der Waals surface area contributed by atoms with Crippen molar-refractivity contribution < 1.29 is 39.6 Å². The van der Waals surface area contributed by atoms with Crippen LogP contribution in [0, 0.1) is 11.8 Å². The van der Waals surface area contributed by atoms with E-state index in [1.54, 1.807) is 0 Å². The first-order valence-corrected chi connectivity index (χ1v) is 13.2. The maximum atomic E-state index is 13.9.